The lowest BCUT2D eigenvalue weighted by atomic mass is 9.80. The van der Waals surface area contributed by atoms with Crippen LogP contribution in [0.3, 0.4) is 0 Å². The normalized spacial score (nSPS) is 28.4. The van der Waals surface area contributed by atoms with Gasteiger partial charge in [0.15, 0.2) is 0 Å². The lowest BCUT2D eigenvalue weighted by Gasteiger charge is -2.48. The van der Waals surface area contributed by atoms with Crippen LogP contribution in [-0.2, 0) is 9.53 Å². The quantitative estimate of drug-likeness (QED) is 0.487. The Hall–Kier alpha value is -2.06. The van der Waals surface area contributed by atoms with E-state index in [0.29, 0.717) is 5.75 Å². The maximum atomic E-state index is 12.2. The van der Waals surface area contributed by atoms with Crippen LogP contribution in [0.2, 0.25) is 0 Å². The molecule has 1 unspecified atom stereocenters. The molecule has 0 bridgehead atoms. The number of aromatic nitrogens is 1. The molecule has 3 aliphatic heterocycles. The van der Waals surface area contributed by atoms with Gasteiger partial charge in [0.25, 0.3) is 0 Å². The summed E-state index contributed by atoms with van der Waals surface area (Å²) in [6.07, 6.45) is 2.94. The maximum absolute atomic E-state index is 12.2. The number of carbonyl (C=O) groups excluding carboxylic acids is 1. The SMILES string of the molecule is O=C(O)OC1=C(CSc2ccncc2)C2CCN[C@@H]3C(=O)N1[C@H]23. The fourth-order valence-electron chi connectivity index (χ4n) is 3.59. The number of hydrogen-bond acceptors (Lipinski definition) is 6. The van der Waals surface area contributed by atoms with Crippen molar-refractivity contribution in [2.24, 2.45) is 5.92 Å². The molecule has 3 aliphatic rings. The third-order valence-corrected chi connectivity index (χ3v) is 5.60. The van der Waals surface area contributed by atoms with E-state index in [1.807, 2.05) is 12.1 Å². The summed E-state index contributed by atoms with van der Waals surface area (Å²) in [5, 5.41) is 12.2. The van der Waals surface area contributed by atoms with Crippen molar-refractivity contribution in [2.75, 3.05) is 12.3 Å². The second kappa shape index (κ2) is 5.54. The van der Waals surface area contributed by atoms with Crippen molar-refractivity contribution in [3.63, 3.8) is 0 Å². The number of rotatable bonds is 4. The zero-order chi connectivity index (χ0) is 16.0. The Bertz CT molecular complexity index is 693. The average molecular weight is 333 g/mol. The van der Waals surface area contributed by atoms with E-state index in [-0.39, 0.29) is 29.8 Å². The van der Waals surface area contributed by atoms with E-state index < -0.39 is 6.16 Å². The molecular formula is C15H15N3O4S. The molecule has 2 N–H and O–H groups in total. The Kier molecular flexibility index (Phi) is 3.50. The van der Waals surface area contributed by atoms with Crippen LogP contribution in [-0.4, -0.2) is 51.4 Å². The molecule has 2 fully saturated rings. The van der Waals surface area contributed by atoms with E-state index in [0.717, 1.165) is 23.4 Å². The number of β-lactam (4-membered cyclic amide) rings is 1. The molecule has 1 aromatic heterocycles. The van der Waals surface area contributed by atoms with Gasteiger partial charge in [-0.25, -0.2) is 4.79 Å². The van der Waals surface area contributed by atoms with Crippen LogP contribution in [0.25, 0.3) is 0 Å². The van der Waals surface area contributed by atoms with Gasteiger partial charge in [0.2, 0.25) is 11.8 Å². The van der Waals surface area contributed by atoms with Crippen LogP contribution < -0.4 is 5.32 Å². The Morgan fingerprint density at radius 3 is 3.00 bits per heavy atom. The molecule has 4 rings (SSSR count). The molecule has 3 atom stereocenters. The van der Waals surface area contributed by atoms with Crippen LogP contribution in [0.15, 0.2) is 40.9 Å². The molecule has 8 heteroatoms. The Labute approximate surface area is 136 Å². The van der Waals surface area contributed by atoms with Gasteiger partial charge in [-0.3, -0.25) is 14.7 Å². The molecule has 23 heavy (non-hydrogen) atoms. The third-order valence-electron chi connectivity index (χ3n) is 4.54. The lowest BCUT2D eigenvalue weighted by Crippen LogP contribution is -2.71. The van der Waals surface area contributed by atoms with Gasteiger partial charge in [0.1, 0.15) is 6.04 Å². The molecule has 0 aliphatic carbocycles. The van der Waals surface area contributed by atoms with E-state index in [4.69, 9.17) is 9.84 Å². The second-order valence-electron chi connectivity index (χ2n) is 5.70. The number of amides is 1. The summed E-state index contributed by atoms with van der Waals surface area (Å²) in [6, 6.07) is 3.61. The highest BCUT2D eigenvalue weighted by atomic mass is 32.2. The molecule has 4 heterocycles. The highest BCUT2D eigenvalue weighted by Crippen LogP contribution is 2.47. The van der Waals surface area contributed by atoms with Crippen molar-refractivity contribution in [3.8, 4) is 0 Å². The molecule has 7 nitrogen and oxygen atoms in total. The van der Waals surface area contributed by atoms with Gasteiger partial charge in [-0.2, -0.15) is 0 Å². The van der Waals surface area contributed by atoms with E-state index in [1.54, 1.807) is 24.2 Å². The van der Waals surface area contributed by atoms with Crippen molar-refractivity contribution in [1.29, 1.82) is 0 Å². The predicted molar refractivity (Wildman–Crippen MR) is 81.6 cm³/mol. The van der Waals surface area contributed by atoms with Gasteiger partial charge in [0, 0.05) is 34.5 Å². The second-order valence-corrected chi connectivity index (χ2v) is 6.74. The molecule has 1 aromatic rings. The van der Waals surface area contributed by atoms with Crippen LogP contribution in [0.4, 0.5) is 4.79 Å². The first-order valence-electron chi connectivity index (χ1n) is 7.40. The molecule has 0 radical (unpaired) electrons. The highest BCUT2D eigenvalue weighted by molar-refractivity contribution is 7.99. The van der Waals surface area contributed by atoms with E-state index in [9.17, 15) is 9.59 Å². The fourth-order valence-corrected chi connectivity index (χ4v) is 4.56. The molecule has 0 spiro atoms. The first kappa shape index (κ1) is 14.5. The predicted octanol–water partition coefficient (Wildman–Crippen LogP) is 1.28. The number of nitrogens with one attached hydrogen (secondary N) is 1. The van der Waals surface area contributed by atoms with Crippen molar-refractivity contribution in [3.05, 3.63) is 36.0 Å². The van der Waals surface area contributed by atoms with Gasteiger partial charge in [-0.15, -0.1) is 11.8 Å². The molecular weight excluding hydrogens is 318 g/mol. The number of carboxylic acid groups (broad SMARTS) is 1. The van der Waals surface area contributed by atoms with Crippen molar-refractivity contribution in [2.45, 2.75) is 23.4 Å². The third kappa shape index (κ3) is 2.29. The van der Waals surface area contributed by atoms with Crippen LogP contribution >= 0.6 is 11.8 Å². The van der Waals surface area contributed by atoms with Gasteiger partial charge in [-0.1, -0.05) is 0 Å². The molecule has 0 saturated carbocycles. The van der Waals surface area contributed by atoms with Crippen molar-refractivity contribution < 1.29 is 19.4 Å². The van der Waals surface area contributed by atoms with Gasteiger partial charge < -0.3 is 15.2 Å². The standard InChI is InChI=1S/C15H15N3O4S/c19-13-11-12-9(3-6-17-11)10(14(18(12)13)22-15(20)21)7-23-8-1-4-16-5-2-8/h1-2,4-5,9,11-12,17H,3,6-7H2,(H,20,21)/t9?,11-,12+/m0/s1. The number of piperidine rings is 1. The molecule has 2 saturated heterocycles. The summed E-state index contributed by atoms with van der Waals surface area (Å²) >= 11 is 1.60. The van der Waals surface area contributed by atoms with Crippen molar-refractivity contribution in [1.82, 2.24) is 15.2 Å². The first-order valence-corrected chi connectivity index (χ1v) is 8.38. The van der Waals surface area contributed by atoms with Gasteiger partial charge >= 0.3 is 6.16 Å². The lowest BCUT2D eigenvalue weighted by molar-refractivity contribution is -0.152. The summed E-state index contributed by atoms with van der Waals surface area (Å²) in [6.45, 7) is 0.759. The van der Waals surface area contributed by atoms with Gasteiger partial charge in [0.05, 0.1) is 6.04 Å². The minimum atomic E-state index is -1.38. The number of pyridine rings is 1. The summed E-state index contributed by atoms with van der Waals surface area (Å²) in [5.74, 6) is 0.895. The van der Waals surface area contributed by atoms with Crippen LogP contribution in [0, 0.1) is 5.92 Å². The van der Waals surface area contributed by atoms with Crippen LogP contribution in [0.5, 0.6) is 0 Å². The Morgan fingerprint density at radius 1 is 1.48 bits per heavy atom. The molecule has 120 valence electrons. The summed E-state index contributed by atoms with van der Waals surface area (Å²) < 4.78 is 4.97. The monoisotopic (exact) mass is 333 g/mol. The largest absolute Gasteiger partial charge is 0.512 e. The minimum Gasteiger partial charge on any atom is -0.449 e. The minimum absolute atomic E-state index is 0.00126. The summed E-state index contributed by atoms with van der Waals surface area (Å²) in [4.78, 5) is 29.8. The van der Waals surface area contributed by atoms with Crippen LogP contribution in [0.1, 0.15) is 6.42 Å². The zero-order valence-corrected chi connectivity index (χ0v) is 13.0. The number of ether oxygens (including phenoxy) is 1. The number of carbonyl (C=O) groups is 2. The van der Waals surface area contributed by atoms with E-state index >= 15 is 0 Å². The fraction of sp³-hybridized carbons (Fsp3) is 0.400. The maximum Gasteiger partial charge on any atom is 0.512 e. The first-order chi connectivity index (χ1) is 11.2. The number of hydrogen-bond donors (Lipinski definition) is 2. The van der Waals surface area contributed by atoms with E-state index in [2.05, 4.69) is 10.3 Å². The van der Waals surface area contributed by atoms with E-state index in [1.165, 1.54) is 4.90 Å². The average Bonchev–Trinajstić information content (AvgIpc) is 2.84. The number of nitrogens with zero attached hydrogens (tertiary/aromatic N) is 2. The summed E-state index contributed by atoms with van der Waals surface area (Å²) in [5.41, 5.74) is 0.913. The molecule has 0 aromatic carbocycles. The highest BCUT2D eigenvalue weighted by Gasteiger charge is 2.60. The Balaban J connectivity index is 1.62. The van der Waals surface area contributed by atoms with Crippen molar-refractivity contribution >= 4 is 23.8 Å². The molecule has 1 amide bonds. The topological polar surface area (TPSA) is 91.8 Å². The smallest absolute Gasteiger partial charge is 0.449 e. The Morgan fingerprint density at radius 2 is 2.26 bits per heavy atom. The summed E-state index contributed by atoms with van der Waals surface area (Å²) in [7, 11) is 0. The van der Waals surface area contributed by atoms with Gasteiger partial charge in [-0.05, 0) is 25.1 Å². The number of thioether (sulfide) groups is 1. The zero-order valence-electron chi connectivity index (χ0n) is 12.1.